The van der Waals surface area contributed by atoms with Crippen LogP contribution in [0, 0.1) is 6.92 Å². The average molecular weight is 111 g/mol. The molecular formula is C5H5NO2. The normalized spacial score (nSPS) is 9.12. The molecule has 1 heterocycles. The van der Waals surface area contributed by atoms with Gasteiger partial charge in [0, 0.05) is 5.69 Å². The number of rotatable bonds is 0. The molecular weight excluding hydrogens is 106 g/mol. The average Bonchev–Trinajstić information content (AvgIpc) is 1.64. The molecule has 0 unspecified atom stereocenters. The molecule has 0 radical (unpaired) electrons. The van der Waals surface area contributed by atoms with Gasteiger partial charge in [0.15, 0.2) is 0 Å². The first kappa shape index (κ1) is 5.03. The van der Waals surface area contributed by atoms with Crippen molar-refractivity contribution in [2.75, 3.05) is 0 Å². The summed E-state index contributed by atoms with van der Waals surface area (Å²) < 4.78 is 4.34. The van der Waals surface area contributed by atoms with Crippen molar-refractivity contribution < 1.29 is 4.42 Å². The van der Waals surface area contributed by atoms with Gasteiger partial charge in [0.2, 0.25) is 0 Å². The Morgan fingerprint density at radius 2 is 2.50 bits per heavy atom. The van der Waals surface area contributed by atoms with Crippen molar-refractivity contribution in [1.29, 1.82) is 0 Å². The van der Waals surface area contributed by atoms with Crippen LogP contribution in [0.25, 0.3) is 0 Å². The molecule has 0 saturated heterocycles. The third-order valence-corrected chi connectivity index (χ3v) is 0.746. The Bertz CT molecular complexity index is 228. The zero-order valence-corrected chi connectivity index (χ0v) is 4.42. The van der Waals surface area contributed by atoms with Crippen molar-refractivity contribution in [3.8, 4) is 0 Å². The number of hydrogen-bond donors (Lipinski definition) is 0. The van der Waals surface area contributed by atoms with Crippen LogP contribution in [-0.4, -0.2) is 4.98 Å². The van der Waals surface area contributed by atoms with Gasteiger partial charge in [-0.2, -0.15) is 4.98 Å². The third-order valence-electron chi connectivity index (χ3n) is 0.746. The number of aryl methyl sites for hydroxylation is 1. The largest absolute Gasteiger partial charge is 0.438 e. The quantitative estimate of drug-likeness (QED) is 0.485. The van der Waals surface area contributed by atoms with Gasteiger partial charge in [-0.3, -0.25) is 0 Å². The molecule has 0 aromatic carbocycles. The van der Waals surface area contributed by atoms with E-state index in [0.29, 0.717) is 5.69 Å². The molecule has 1 aromatic heterocycles. The molecule has 3 heteroatoms. The van der Waals surface area contributed by atoms with Gasteiger partial charge in [-0.1, -0.05) is 0 Å². The fraction of sp³-hybridized carbons (Fsp3) is 0.200. The third kappa shape index (κ3) is 0.932. The zero-order chi connectivity index (χ0) is 5.98. The summed E-state index contributed by atoms with van der Waals surface area (Å²) in [5, 5.41) is 0. The fourth-order valence-electron chi connectivity index (χ4n) is 0.398. The van der Waals surface area contributed by atoms with Crippen molar-refractivity contribution in [3.63, 3.8) is 0 Å². The second kappa shape index (κ2) is 1.78. The van der Waals surface area contributed by atoms with Gasteiger partial charge in [-0.05, 0) is 13.0 Å². The Morgan fingerprint density at radius 3 is 2.88 bits per heavy atom. The fourth-order valence-corrected chi connectivity index (χ4v) is 0.398. The Morgan fingerprint density at radius 1 is 1.75 bits per heavy atom. The maximum atomic E-state index is 10.2. The molecule has 0 amide bonds. The SMILES string of the molecule is Cc1ccoc(=O)n1. The number of hydrogen-bond acceptors (Lipinski definition) is 3. The van der Waals surface area contributed by atoms with Gasteiger partial charge >= 0.3 is 5.76 Å². The summed E-state index contributed by atoms with van der Waals surface area (Å²) in [5.74, 6) is -0.537. The predicted molar refractivity (Wildman–Crippen MR) is 27.5 cm³/mol. The monoisotopic (exact) mass is 111 g/mol. The second-order valence-corrected chi connectivity index (χ2v) is 1.44. The van der Waals surface area contributed by atoms with Crippen LogP contribution >= 0.6 is 0 Å². The molecule has 0 bridgehead atoms. The summed E-state index contributed by atoms with van der Waals surface area (Å²) in [7, 11) is 0. The summed E-state index contributed by atoms with van der Waals surface area (Å²) in [6.45, 7) is 1.73. The van der Waals surface area contributed by atoms with Crippen molar-refractivity contribution in [3.05, 3.63) is 28.6 Å². The maximum absolute atomic E-state index is 10.2. The lowest BCUT2D eigenvalue weighted by atomic mass is 10.5. The van der Waals surface area contributed by atoms with E-state index in [2.05, 4.69) is 9.40 Å². The summed E-state index contributed by atoms with van der Waals surface area (Å²) in [6.07, 6.45) is 1.32. The minimum atomic E-state index is -0.537. The summed E-state index contributed by atoms with van der Waals surface area (Å²) in [5.41, 5.74) is 0.682. The highest BCUT2D eigenvalue weighted by atomic mass is 16.4. The van der Waals surface area contributed by atoms with Gasteiger partial charge < -0.3 is 4.42 Å². The summed E-state index contributed by atoms with van der Waals surface area (Å²) >= 11 is 0. The van der Waals surface area contributed by atoms with E-state index in [1.165, 1.54) is 6.26 Å². The first-order valence-electron chi connectivity index (χ1n) is 2.21. The van der Waals surface area contributed by atoms with Crippen molar-refractivity contribution in [2.45, 2.75) is 6.92 Å². The van der Waals surface area contributed by atoms with E-state index in [9.17, 15) is 4.79 Å². The van der Waals surface area contributed by atoms with E-state index in [1.807, 2.05) is 0 Å². The van der Waals surface area contributed by atoms with E-state index in [-0.39, 0.29) is 0 Å². The molecule has 0 N–H and O–H groups in total. The molecule has 8 heavy (non-hydrogen) atoms. The van der Waals surface area contributed by atoms with Gasteiger partial charge in [-0.15, -0.1) is 0 Å². The van der Waals surface area contributed by atoms with E-state index in [0.717, 1.165) is 0 Å². The van der Waals surface area contributed by atoms with Crippen LogP contribution in [0.15, 0.2) is 21.5 Å². The highest BCUT2D eigenvalue weighted by Gasteiger charge is 1.83. The minimum Gasteiger partial charge on any atom is -0.417 e. The van der Waals surface area contributed by atoms with E-state index in [4.69, 9.17) is 0 Å². The molecule has 3 nitrogen and oxygen atoms in total. The van der Waals surface area contributed by atoms with Crippen molar-refractivity contribution >= 4 is 0 Å². The van der Waals surface area contributed by atoms with Gasteiger partial charge in [-0.25, -0.2) is 4.79 Å². The smallest absolute Gasteiger partial charge is 0.417 e. The molecule has 1 rings (SSSR count). The Kier molecular flexibility index (Phi) is 1.12. The lowest BCUT2D eigenvalue weighted by Gasteiger charge is -1.81. The molecule has 0 aliphatic carbocycles. The Labute approximate surface area is 46.0 Å². The summed E-state index contributed by atoms with van der Waals surface area (Å²) in [6, 6.07) is 1.63. The molecule has 0 spiro atoms. The van der Waals surface area contributed by atoms with Crippen LogP contribution in [0.4, 0.5) is 0 Å². The van der Waals surface area contributed by atoms with Crippen LogP contribution in [0.1, 0.15) is 5.69 Å². The molecule has 1 aromatic rings. The van der Waals surface area contributed by atoms with E-state index in [1.54, 1.807) is 13.0 Å². The van der Waals surface area contributed by atoms with Crippen LogP contribution in [0.2, 0.25) is 0 Å². The lowest BCUT2D eigenvalue weighted by molar-refractivity contribution is 0.480. The molecule has 0 aliphatic rings. The van der Waals surface area contributed by atoms with Crippen LogP contribution in [-0.2, 0) is 0 Å². The van der Waals surface area contributed by atoms with Crippen LogP contribution < -0.4 is 5.76 Å². The van der Waals surface area contributed by atoms with Crippen molar-refractivity contribution in [2.24, 2.45) is 0 Å². The molecule has 0 atom stereocenters. The second-order valence-electron chi connectivity index (χ2n) is 1.44. The van der Waals surface area contributed by atoms with Crippen molar-refractivity contribution in [1.82, 2.24) is 4.98 Å². The predicted octanol–water partition coefficient (Wildman–Crippen LogP) is 0.343. The molecule has 0 fully saturated rings. The maximum Gasteiger partial charge on any atom is 0.438 e. The minimum absolute atomic E-state index is 0.537. The van der Waals surface area contributed by atoms with Gasteiger partial charge in [0.05, 0.1) is 6.26 Å². The van der Waals surface area contributed by atoms with Gasteiger partial charge in [0.1, 0.15) is 0 Å². The Balaban J connectivity index is 3.28. The number of aromatic nitrogens is 1. The highest BCUT2D eigenvalue weighted by Crippen LogP contribution is 1.81. The van der Waals surface area contributed by atoms with E-state index >= 15 is 0 Å². The van der Waals surface area contributed by atoms with Gasteiger partial charge in [0.25, 0.3) is 0 Å². The molecule has 42 valence electrons. The lowest BCUT2D eigenvalue weighted by Crippen LogP contribution is -2.02. The highest BCUT2D eigenvalue weighted by molar-refractivity contribution is 4.90. The standard InChI is InChI=1S/C5H5NO2/c1-4-2-3-8-5(7)6-4/h2-3H,1H3. The zero-order valence-electron chi connectivity index (χ0n) is 4.42. The summed E-state index contributed by atoms with van der Waals surface area (Å²) in [4.78, 5) is 13.7. The Hall–Kier alpha value is -1.12. The first-order valence-corrected chi connectivity index (χ1v) is 2.21. The molecule has 0 saturated carbocycles. The van der Waals surface area contributed by atoms with Crippen LogP contribution in [0.5, 0.6) is 0 Å². The van der Waals surface area contributed by atoms with Crippen LogP contribution in [0.3, 0.4) is 0 Å². The first-order chi connectivity index (χ1) is 3.79. The topological polar surface area (TPSA) is 43.1 Å². The van der Waals surface area contributed by atoms with E-state index < -0.39 is 5.76 Å². The number of nitrogens with zero attached hydrogens (tertiary/aromatic N) is 1. The molecule has 0 aliphatic heterocycles.